The SMILES string of the molecule is CSC1=CC(=[NH+]c2ccccc2)CC(C)(C)S1.[I-]. The van der Waals surface area contributed by atoms with Gasteiger partial charge in [0.1, 0.15) is 0 Å². The Balaban J connectivity index is 0.00000162. The summed E-state index contributed by atoms with van der Waals surface area (Å²) < 4.78 is 1.67. The van der Waals surface area contributed by atoms with Crippen molar-refractivity contribution in [2.24, 2.45) is 0 Å². The molecular weight excluding hydrogens is 373 g/mol. The summed E-state index contributed by atoms with van der Waals surface area (Å²) in [6, 6.07) is 10.4. The molecule has 0 radical (unpaired) electrons. The van der Waals surface area contributed by atoms with Crippen molar-refractivity contribution in [1.29, 1.82) is 0 Å². The quantitative estimate of drug-likeness (QED) is 0.712. The van der Waals surface area contributed by atoms with Gasteiger partial charge in [0.15, 0.2) is 5.71 Å². The molecule has 4 heteroatoms. The molecule has 0 fully saturated rings. The lowest BCUT2D eigenvalue weighted by Crippen LogP contribution is -3.00. The fraction of sp³-hybridized carbons (Fsp3) is 0.357. The molecule has 1 aromatic carbocycles. The molecule has 0 saturated carbocycles. The Labute approximate surface area is 135 Å². The monoisotopic (exact) mass is 391 g/mol. The summed E-state index contributed by atoms with van der Waals surface area (Å²) in [6.45, 7) is 4.60. The minimum atomic E-state index is 0. The Hall–Kier alpha value is 0.0600. The molecule has 0 unspecified atom stereocenters. The highest BCUT2D eigenvalue weighted by Crippen LogP contribution is 2.42. The predicted octanol–water partition coefficient (Wildman–Crippen LogP) is -0.0364. The van der Waals surface area contributed by atoms with Gasteiger partial charge in [-0.2, -0.15) is 0 Å². The molecule has 0 aliphatic carbocycles. The number of hydrogen-bond acceptors (Lipinski definition) is 2. The first-order valence-corrected chi connectivity index (χ1v) is 7.76. The van der Waals surface area contributed by atoms with Gasteiger partial charge >= 0.3 is 0 Å². The topological polar surface area (TPSA) is 14.0 Å². The van der Waals surface area contributed by atoms with Crippen molar-refractivity contribution >= 4 is 34.9 Å². The van der Waals surface area contributed by atoms with Crippen LogP contribution in [0.1, 0.15) is 20.3 Å². The van der Waals surface area contributed by atoms with Crippen LogP contribution in [0, 0.1) is 0 Å². The Morgan fingerprint density at radius 3 is 2.50 bits per heavy atom. The van der Waals surface area contributed by atoms with Crippen molar-refractivity contribution in [2.75, 3.05) is 6.26 Å². The number of thioether (sulfide) groups is 2. The molecule has 18 heavy (non-hydrogen) atoms. The second-order valence-electron chi connectivity index (χ2n) is 4.72. The van der Waals surface area contributed by atoms with Gasteiger partial charge in [-0.25, -0.2) is 4.99 Å². The lowest BCUT2D eigenvalue weighted by Gasteiger charge is -2.26. The Bertz CT molecular complexity index is 452. The number of allylic oxidation sites excluding steroid dienone is 1. The van der Waals surface area contributed by atoms with Crippen LogP contribution < -0.4 is 29.0 Å². The molecule has 0 bridgehead atoms. The summed E-state index contributed by atoms with van der Waals surface area (Å²) in [6.07, 6.45) is 5.49. The number of nitrogens with one attached hydrogen (secondary N) is 1. The molecule has 1 N–H and O–H groups in total. The maximum atomic E-state index is 3.51. The molecule has 98 valence electrons. The van der Waals surface area contributed by atoms with Gasteiger partial charge in [-0.05, 0) is 20.1 Å². The molecule has 1 nitrogen and oxygen atoms in total. The summed E-state index contributed by atoms with van der Waals surface area (Å²) in [4.78, 5) is 3.51. The third kappa shape index (κ3) is 4.63. The average Bonchev–Trinajstić information content (AvgIpc) is 2.28. The molecule has 1 heterocycles. The van der Waals surface area contributed by atoms with E-state index in [1.165, 1.54) is 15.6 Å². The van der Waals surface area contributed by atoms with Crippen LogP contribution in [-0.2, 0) is 0 Å². The van der Waals surface area contributed by atoms with E-state index in [-0.39, 0.29) is 28.7 Å². The highest BCUT2D eigenvalue weighted by atomic mass is 127. The molecule has 0 atom stereocenters. The zero-order valence-corrected chi connectivity index (χ0v) is 14.7. The maximum absolute atomic E-state index is 3.51. The largest absolute Gasteiger partial charge is 1.00 e. The van der Waals surface area contributed by atoms with Gasteiger partial charge in [0.25, 0.3) is 0 Å². The van der Waals surface area contributed by atoms with E-state index in [1.807, 2.05) is 29.6 Å². The zero-order chi connectivity index (χ0) is 12.3. The molecule has 1 aliphatic heterocycles. The number of hydrogen-bond donors (Lipinski definition) is 1. The Morgan fingerprint density at radius 2 is 1.89 bits per heavy atom. The maximum Gasteiger partial charge on any atom is 0.203 e. The van der Waals surface area contributed by atoms with Crippen LogP contribution in [0.4, 0.5) is 5.69 Å². The lowest BCUT2D eigenvalue weighted by molar-refractivity contribution is -0.354. The van der Waals surface area contributed by atoms with Crippen molar-refractivity contribution in [3.63, 3.8) is 0 Å². The van der Waals surface area contributed by atoms with E-state index >= 15 is 0 Å². The number of rotatable bonds is 2. The summed E-state index contributed by atoms with van der Waals surface area (Å²) in [5.74, 6) is 0. The van der Waals surface area contributed by atoms with E-state index < -0.39 is 0 Å². The standard InChI is InChI=1S/C14H17NS2.HI/c1-14(2)10-12(9-13(16-3)17-14)15-11-7-5-4-6-8-11;/h4-9H,10H2,1-3H3;1H. The van der Waals surface area contributed by atoms with E-state index in [1.54, 1.807) is 0 Å². The third-order valence-corrected chi connectivity index (χ3v) is 4.85. The second kappa shape index (κ2) is 7.01. The predicted molar refractivity (Wildman–Crippen MR) is 80.0 cm³/mol. The Kier molecular flexibility index (Phi) is 6.27. The summed E-state index contributed by atoms with van der Waals surface area (Å²) in [5, 5.41) is 0. The molecule has 0 saturated heterocycles. The third-order valence-electron chi connectivity index (χ3n) is 2.57. The lowest BCUT2D eigenvalue weighted by atomic mass is 10.0. The van der Waals surface area contributed by atoms with Crippen molar-refractivity contribution in [3.8, 4) is 0 Å². The fourth-order valence-corrected chi connectivity index (χ4v) is 4.12. The highest BCUT2D eigenvalue weighted by molar-refractivity contribution is 8.22. The van der Waals surface area contributed by atoms with E-state index in [0.29, 0.717) is 0 Å². The van der Waals surface area contributed by atoms with Gasteiger partial charge in [-0.1, -0.05) is 18.2 Å². The number of halogens is 1. The average molecular weight is 391 g/mol. The minimum Gasteiger partial charge on any atom is -1.00 e. The normalized spacial score (nSPS) is 20.2. The number of para-hydroxylation sites is 1. The molecule has 1 aromatic rings. The van der Waals surface area contributed by atoms with Crippen molar-refractivity contribution in [2.45, 2.75) is 25.0 Å². The van der Waals surface area contributed by atoms with Gasteiger partial charge in [-0.3, -0.25) is 0 Å². The van der Waals surface area contributed by atoms with Crippen LogP contribution >= 0.6 is 23.5 Å². The van der Waals surface area contributed by atoms with Crippen LogP contribution in [0.5, 0.6) is 0 Å². The molecule has 1 aliphatic rings. The molecular formula is C14H18INS2. The first kappa shape index (κ1) is 16.1. The molecule has 0 aromatic heterocycles. The number of benzene rings is 1. The van der Waals surface area contributed by atoms with Crippen LogP contribution in [0.3, 0.4) is 0 Å². The summed E-state index contributed by atoms with van der Waals surface area (Å²) in [5.41, 5.74) is 2.48. The van der Waals surface area contributed by atoms with E-state index in [2.05, 4.69) is 55.4 Å². The second-order valence-corrected chi connectivity index (χ2v) is 7.58. The molecule has 0 amide bonds. The first-order chi connectivity index (χ1) is 8.09. The molecule has 2 rings (SSSR count). The smallest absolute Gasteiger partial charge is 0.203 e. The van der Waals surface area contributed by atoms with Gasteiger partial charge in [-0.15, -0.1) is 23.5 Å². The van der Waals surface area contributed by atoms with Crippen LogP contribution in [0.15, 0.2) is 40.6 Å². The highest BCUT2D eigenvalue weighted by Gasteiger charge is 2.29. The zero-order valence-electron chi connectivity index (χ0n) is 10.9. The van der Waals surface area contributed by atoms with Crippen molar-refractivity contribution < 1.29 is 29.0 Å². The molecule has 0 spiro atoms. The summed E-state index contributed by atoms with van der Waals surface area (Å²) in [7, 11) is 0. The van der Waals surface area contributed by atoms with Crippen molar-refractivity contribution in [3.05, 3.63) is 40.6 Å². The Morgan fingerprint density at radius 1 is 1.22 bits per heavy atom. The van der Waals surface area contributed by atoms with E-state index in [9.17, 15) is 0 Å². The van der Waals surface area contributed by atoms with Crippen LogP contribution in [0.25, 0.3) is 0 Å². The fourth-order valence-electron chi connectivity index (χ4n) is 1.88. The van der Waals surface area contributed by atoms with Gasteiger partial charge in [0.2, 0.25) is 5.69 Å². The first-order valence-electron chi connectivity index (χ1n) is 5.72. The van der Waals surface area contributed by atoms with Crippen LogP contribution in [-0.4, -0.2) is 16.7 Å². The van der Waals surface area contributed by atoms with Gasteiger partial charge in [0, 0.05) is 33.6 Å². The van der Waals surface area contributed by atoms with Gasteiger partial charge in [0.05, 0.1) is 0 Å². The van der Waals surface area contributed by atoms with Crippen molar-refractivity contribution in [1.82, 2.24) is 0 Å². The van der Waals surface area contributed by atoms with Gasteiger partial charge < -0.3 is 24.0 Å². The van der Waals surface area contributed by atoms with E-state index in [0.717, 1.165) is 6.42 Å². The van der Waals surface area contributed by atoms with Crippen LogP contribution in [0.2, 0.25) is 0 Å². The minimum absolute atomic E-state index is 0. The summed E-state index contributed by atoms with van der Waals surface area (Å²) >= 11 is 3.79. The van der Waals surface area contributed by atoms with E-state index in [4.69, 9.17) is 0 Å².